The molecule has 0 radical (unpaired) electrons. The number of rotatable bonds is 9. The molecule has 38 heavy (non-hydrogen) atoms. The zero-order valence-electron chi connectivity index (χ0n) is 21.2. The van der Waals surface area contributed by atoms with Gasteiger partial charge in [0.2, 0.25) is 0 Å². The van der Waals surface area contributed by atoms with Crippen LogP contribution in [-0.4, -0.2) is 15.7 Å². The number of ether oxygens (including phenoxy) is 1. The molecule has 2 heterocycles. The summed E-state index contributed by atoms with van der Waals surface area (Å²) < 4.78 is 13.4. The average Bonchev–Trinajstić information content (AvgIpc) is 3.57. The van der Waals surface area contributed by atoms with E-state index in [4.69, 9.17) is 20.8 Å². The summed E-state index contributed by atoms with van der Waals surface area (Å²) in [6.07, 6.45) is 3.34. The van der Waals surface area contributed by atoms with Gasteiger partial charge in [-0.05, 0) is 53.1 Å². The van der Waals surface area contributed by atoms with Gasteiger partial charge in [0.1, 0.15) is 18.1 Å². The molecule has 2 aromatic heterocycles. The molecule has 5 rings (SSSR count). The highest BCUT2D eigenvalue weighted by Crippen LogP contribution is 2.32. The van der Waals surface area contributed by atoms with Crippen molar-refractivity contribution in [3.05, 3.63) is 137 Å². The van der Waals surface area contributed by atoms with E-state index in [2.05, 4.69) is 60.7 Å². The van der Waals surface area contributed by atoms with Crippen LogP contribution in [0.4, 0.5) is 5.69 Å². The van der Waals surface area contributed by atoms with Crippen LogP contribution in [0.15, 0.2) is 108 Å². The zero-order valence-corrected chi connectivity index (χ0v) is 22.0. The van der Waals surface area contributed by atoms with Gasteiger partial charge in [-0.3, -0.25) is 9.48 Å². The summed E-state index contributed by atoms with van der Waals surface area (Å²) in [5.74, 6) is 1.18. The van der Waals surface area contributed by atoms with E-state index in [1.807, 2.05) is 42.5 Å². The molecule has 1 N–H and O–H groups in total. The van der Waals surface area contributed by atoms with Crippen LogP contribution in [0.1, 0.15) is 46.9 Å². The zero-order chi connectivity index (χ0) is 26.5. The second-order valence-corrected chi connectivity index (χ2v) is 10.0. The highest BCUT2D eigenvalue weighted by Gasteiger charge is 2.22. The van der Waals surface area contributed by atoms with Crippen molar-refractivity contribution < 1.29 is 13.9 Å². The van der Waals surface area contributed by atoms with Gasteiger partial charge in [-0.25, -0.2) is 0 Å². The van der Waals surface area contributed by atoms with E-state index in [9.17, 15) is 4.79 Å². The molecule has 0 bridgehead atoms. The van der Waals surface area contributed by atoms with Crippen molar-refractivity contribution >= 4 is 23.2 Å². The van der Waals surface area contributed by atoms with Gasteiger partial charge in [0, 0.05) is 17.3 Å². The van der Waals surface area contributed by atoms with E-state index in [1.165, 1.54) is 11.1 Å². The lowest BCUT2D eigenvalue weighted by Gasteiger charge is -2.26. The molecule has 0 aliphatic rings. The second kappa shape index (κ2) is 11.0. The first-order valence-corrected chi connectivity index (χ1v) is 12.7. The maximum atomic E-state index is 12.7. The Labute approximate surface area is 226 Å². The van der Waals surface area contributed by atoms with Crippen molar-refractivity contribution in [1.29, 1.82) is 0 Å². The number of aromatic nitrogens is 2. The number of carbonyl (C=O) groups excluding carboxylic acids is 1. The molecule has 6 nitrogen and oxygen atoms in total. The lowest BCUT2D eigenvalue weighted by molar-refractivity contribution is 0.0992. The van der Waals surface area contributed by atoms with Crippen molar-refractivity contribution in [2.24, 2.45) is 0 Å². The van der Waals surface area contributed by atoms with Gasteiger partial charge < -0.3 is 14.5 Å². The third kappa shape index (κ3) is 5.98. The fourth-order valence-electron chi connectivity index (χ4n) is 4.27. The minimum atomic E-state index is -0.331. The van der Waals surface area contributed by atoms with Gasteiger partial charge in [-0.1, -0.05) is 80.0 Å². The summed E-state index contributed by atoms with van der Waals surface area (Å²) in [6, 6.07) is 29.5. The second-order valence-electron chi connectivity index (χ2n) is 9.58. The summed E-state index contributed by atoms with van der Waals surface area (Å²) in [7, 11) is 0. The predicted molar refractivity (Wildman–Crippen MR) is 149 cm³/mol. The largest absolute Gasteiger partial charge is 0.486 e. The maximum absolute atomic E-state index is 12.7. The Morgan fingerprint density at radius 1 is 0.974 bits per heavy atom. The molecule has 0 unspecified atom stereocenters. The Morgan fingerprint density at radius 3 is 2.47 bits per heavy atom. The summed E-state index contributed by atoms with van der Waals surface area (Å²) in [4.78, 5) is 12.7. The van der Waals surface area contributed by atoms with Crippen LogP contribution in [-0.2, 0) is 18.6 Å². The van der Waals surface area contributed by atoms with Gasteiger partial charge in [-0.2, -0.15) is 5.10 Å². The molecule has 0 fully saturated rings. The van der Waals surface area contributed by atoms with E-state index >= 15 is 0 Å². The third-order valence-corrected chi connectivity index (χ3v) is 6.66. The van der Waals surface area contributed by atoms with Crippen molar-refractivity contribution in [2.75, 3.05) is 5.32 Å². The van der Waals surface area contributed by atoms with Gasteiger partial charge in [0.05, 0.1) is 17.8 Å². The summed E-state index contributed by atoms with van der Waals surface area (Å²) >= 11 is 5.94. The Bertz CT molecular complexity index is 1520. The van der Waals surface area contributed by atoms with Gasteiger partial charge in [0.25, 0.3) is 5.91 Å². The molecular weight excluding hydrogens is 498 g/mol. The Balaban J connectivity index is 1.17. The fraction of sp³-hybridized carbons (Fsp3) is 0.161. The molecule has 0 aliphatic heterocycles. The SMILES string of the molecule is CC(C)(c1ccccc1)c1ccc(OCc2ccc(C(=O)Nc3cccc(Cn4cc(Cl)cn4)c3)o2)cc1. The topological polar surface area (TPSA) is 69.3 Å². The molecule has 0 atom stereocenters. The van der Waals surface area contributed by atoms with E-state index in [1.54, 1.807) is 29.2 Å². The number of hydrogen-bond donors (Lipinski definition) is 1. The van der Waals surface area contributed by atoms with Crippen LogP contribution in [0.3, 0.4) is 0 Å². The number of halogens is 1. The monoisotopic (exact) mass is 525 g/mol. The average molecular weight is 526 g/mol. The Hall–Kier alpha value is -4.29. The standard InChI is InChI=1S/C31H28ClN3O3/c1-31(2,23-8-4-3-5-9-23)24-11-13-27(14-12-24)37-21-28-15-16-29(38-28)30(36)34-26-10-6-7-22(17-26)19-35-20-25(32)18-33-35/h3-18,20H,19,21H2,1-2H3,(H,34,36). The highest BCUT2D eigenvalue weighted by molar-refractivity contribution is 6.30. The van der Waals surface area contributed by atoms with Crippen LogP contribution >= 0.6 is 11.6 Å². The Kier molecular flexibility index (Phi) is 7.33. The van der Waals surface area contributed by atoms with Crippen molar-refractivity contribution in [1.82, 2.24) is 9.78 Å². The molecule has 7 heteroatoms. The first-order valence-electron chi connectivity index (χ1n) is 12.3. The van der Waals surface area contributed by atoms with E-state index in [0.29, 0.717) is 23.0 Å². The van der Waals surface area contributed by atoms with Crippen molar-refractivity contribution in [2.45, 2.75) is 32.4 Å². The number of nitrogens with zero attached hydrogens (tertiary/aromatic N) is 2. The molecule has 0 spiro atoms. The van der Waals surface area contributed by atoms with Crippen molar-refractivity contribution in [3.63, 3.8) is 0 Å². The number of furan rings is 1. The van der Waals surface area contributed by atoms with Crippen LogP contribution < -0.4 is 10.1 Å². The molecular formula is C31H28ClN3O3. The van der Waals surface area contributed by atoms with Crippen LogP contribution in [0.2, 0.25) is 5.02 Å². The number of benzene rings is 3. The molecule has 5 aromatic rings. The van der Waals surface area contributed by atoms with Gasteiger partial charge >= 0.3 is 0 Å². The maximum Gasteiger partial charge on any atom is 0.291 e. The van der Waals surface area contributed by atoms with Gasteiger partial charge in [-0.15, -0.1) is 0 Å². The molecule has 1 amide bonds. The number of amides is 1. The summed E-state index contributed by atoms with van der Waals surface area (Å²) in [6.45, 7) is 5.18. The van der Waals surface area contributed by atoms with E-state index in [0.717, 1.165) is 11.3 Å². The molecule has 0 aliphatic carbocycles. The van der Waals surface area contributed by atoms with E-state index in [-0.39, 0.29) is 23.7 Å². The quantitative estimate of drug-likeness (QED) is 0.218. The number of anilines is 1. The predicted octanol–water partition coefficient (Wildman–Crippen LogP) is 7.34. The van der Waals surface area contributed by atoms with Crippen LogP contribution in [0, 0.1) is 0 Å². The summed E-state index contributed by atoms with van der Waals surface area (Å²) in [5.41, 5.74) is 3.98. The lowest BCUT2D eigenvalue weighted by Crippen LogP contribution is -2.18. The van der Waals surface area contributed by atoms with E-state index < -0.39 is 0 Å². The molecule has 0 saturated heterocycles. The number of hydrogen-bond acceptors (Lipinski definition) is 4. The normalized spacial score (nSPS) is 11.3. The van der Waals surface area contributed by atoms with Crippen LogP contribution in [0.25, 0.3) is 0 Å². The smallest absolute Gasteiger partial charge is 0.291 e. The molecule has 192 valence electrons. The van der Waals surface area contributed by atoms with Gasteiger partial charge in [0.15, 0.2) is 5.76 Å². The number of nitrogens with one attached hydrogen (secondary N) is 1. The fourth-order valence-corrected chi connectivity index (χ4v) is 4.43. The minimum absolute atomic E-state index is 0.116. The molecule has 0 saturated carbocycles. The third-order valence-electron chi connectivity index (χ3n) is 6.47. The minimum Gasteiger partial charge on any atom is -0.486 e. The first-order chi connectivity index (χ1) is 18.4. The first kappa shape index (κ1) is 25.4. The highest BCUT2D eigenvalue weighted by atomic mass is 35.5. The number of carbonyl (C=O) groups is 1. The van der Waals surface area contributed by atoms with Crippen molar-refractivity contribution in [3.8, 4) is 5.75 Å². The summed E-state index contributed by atoms with van der Waals surface area (Å²) in [5, 5.41) is 7.65. The lowest BCUT2D eigenvalue weighted by atomic mass is 9.78. The molecule has 3 aromatic carbocycles. The Morgan fingerprint density at radius 2 is 1.74 bits per heavy atom. The van der Waals surface area contributed by atoms with Crippen LogP contribution in [0.5, 0.6) is 5.75 Å².